The Morgan fingerprint density at radius 3 is 1.36 bits per heavy atom. The summed E-state index contributed by atoms with van der Waals surface area (Å²) in [5.74, 6) is -40.6. The molecule has 0 bridgehead atoms. The van der Waals surface area contributed by atoms with Gasteiger partial charge in [-0.05, 0) is 0 Å². The predicted octanol–water partition coefficient (Wildman–Crippen LogP) is 4.44. The summed E-state index contributed by atoms with van der Waals surface area (Å²) in [6.07, 6.45) is -9.70. The number of halogens is 13. The van der Waals surface area contributed by atoms with Crippen LogP contribution in [0.3, 0.4) is 0 Å². The van der Waals surface area contributed by atoms with Crippen LogP contribution in [-0.4, -0.2) is 101 Å². The van der Waals surface area contributed by atoms with Gasteiger partial charge in [0.25, 0.3) is 0 Å². The minimum Gasteiger partial charge on any atom is -0.462 e. The monoisotopic (exact) mass is 608 g/mol. The maximum absolute atomic E-state index is 13.6. The van der Waals surface area contributed by atoms with E-state index in [0.717, 1.165) is 0 Å². The van der Waals surface area contributed by atoms with Crippen LogP contribution >= 0.6 is 0 Å². The first-order valence-electron chi connectivity index (χ1n) is 10.2. The molecular weight excluding hydrogens is 587 g/mol. The molecule has 0 aromatic heterocycles. The topological polar surface area (TPSA) is 80.3 Å². The van der Waals surface area contributed by atoms with E-state index in [9.17, 15) is 66.7 Å². The van der Waals surface area contributed by atoms with Crippen LogP contribution in [0.2, 0.25) is 0 Å². The van der Waals surface area contributed by atoms with Crippen LogP contribution in [0, 0.1) is 0 Å². The summed E-state index contributed by atoms with van der Waals surface area (Å²) in [5, 5.41) is 0. The minimum atomic E-state index is -8.02. The largest absolute Gasteiger partial charge is 0.462 e. The van der Waals surface area contributed by atoms with Crippen LogP contribution in [0.4, 0.5) is 57.1 Å². The molecule has 0 amide bonds. The fraction of sp³-hybridized carbons (Fsp3) is 0.789. The average molecular weight is 608 g/mol. The van der Waals surface area contributed by atoms with Crippen molar-refractivity contribution < 1.29 is 90.3 Å². The molecule has 0 unspecified atom stereocenters. The van der Waals surface area contributed by atoms with Crippen LogP contribution in [0.1, 0.15) is 6.42 Å². The zero-order chi connectivity index (χ0) is 30.8. The fourth-order valence-corrected chi connectivity index (χ4v) is 2.14. The fourth-order valence-electron chi connectivity index (χ4n) is 2.14. The molecule has 0 rings (SSSR count). The maximum Gasteiger partial charge on any atom is 0.460 e. The van der Waals surface area contributed by atoms with E-state index in [2.05, 4.69) is 9.47 Å². The van der Waals surface area contributed by atoms with Gasteiger partial charge in [0.15, 0.2) is 0 Å². The van der Waals surface area contributed by atoms with Gasteiger partial charge in [0.05, 0.1) is 46.1 Å². The first-order valence-corrected chi connectivity index (χ1v) is 10.2. The van der Waals surface area contributed by atoms with Crippen LogP contribution in [0.25, 0.3) is 0 Å². The third-order valence-corrected chi connectivity index (χ3v) is 4.29. The van der Waals surface area contributed by atoms with E-state index in [0.29, 0.717) is 19.3 Å². The van der Waals surface area contributed by atoms with Crippen LogP contribution in [-0.2, 0) is 33.3 Å². The Labute approximate surface area is 211 Å². The second-order valence-corrected chi connectivity index (χ2v) is 7.14. The van der Waals surface area contributed by atoms with Crippen molar-refractivity contribution in [3.05, 3.63) is 12.2 Å². The normalized spacial score (nSPS) is 14.1. The molecule has 0 spiro atoms. The second-order valence-electron chi connectivity index (χ2n) is 7.14. The van der Waals surface area contributed by atoms with E-state index in [1.54, 1.807) is 0 Å². The Morgan fingerprint density at radius 2 is 0.923 bits per heavy atom. The molecule has 0 aliphatic carbocycles. The number of ether oxygens (including phenoxy) is 5. The first-order chi connectivity index (χ1) is 17.6. The molecule has 0 aliphatic rings. The van der Waals surface area contributed by atoms with Gasteiger partial charge in [-0.15, -0.1) is 0 Å². The molecule has 39 heavy (non-hydrogen) atoms. The highest BCUT2D eigenvalue weighted by atomic mass is 19.4. The Kier molecular flexibility index (Phi) is 13.5. The number of esters is 2. The highest BCUT2D eigenvalue weighted by molar-refractivity contribution is 5.91. The highest BCUT2D eigenvalue weighted by Crippen LogP contribution is 2.60. The van der Waals surface area contributed by atoms with Crippen molar-refractivity contribution in [1.29, 1.82) is 0 Å². The van der Waals surface area contributed by atoms with Crippen LogP contribution in [0.5, 0.6) is 0 Å². The third kappa shape index (κ3) is 9.37. The van der Waals surface area contributed by atoms with Gasteiger partial charge in [-0.3, -0.25) is 0 Å². The summed E-state index contributed by atoms with van der Waals surface area (Å²) in [6, 6.07) is 0. The number of methoxy groups -OCH3 is 1. The van der Waals surface area contributed by atoms with Gasteiger partial charge in [-0.2, -0.15) is 57.1 Å². The smallest absolute Gasteiger partial charge is 0.460 e. The van der Waals surface area contributed by atoms with Crippen LogP contribution < -0.4 is 0 Å². The maximum atomic E-state index is 13.6. The summed E-state index contributed by atoms with van der Waals surface area (Å²) < 4.78 is 192. The van der Waals surface area contributed by atoms with Gasteiger partial charge in [0, 0.05) is 19.3 Å². The van der Waals surface area contributed by atoms with E-state index >= 15 is 0 Å². The van der Waals surface area contributed by atoms with Crippen molar-refractivity contribution in [2.24, 2.45) is 0 Å². The number of hydrogen-bond acceptors (Lipinski definition) is 7. The Hall–Kier alpha value is -2.35. The molecule has 7 nitrogen and oxygen atoms in total. The molecule has 230 valence electrons. The molecule has 0 aromatic rings. The number of alkyl halides is 13. The first kappa shape index (κ1) is 36.6. The van der Waals surface area contributed by atoms with Crippen LogP contribution in [0.15, 0.2) is 12.2 Å². The summed E-state index contributed by atoms with van der Waals surface area (Å²) in [5.41, 5.74) is 0. The van der Waals surface area contributed by atoms with Gasteiger partial charge >= 0.3 is 47.7 Å². The molecule has 0 heterocycles. The highest BCUT2D eigenvalue weighted by Gasteiger charge is 2.90. The van der Waals surface area contributed by atoms with Crippen molar-refractivity contribution >= 4 is 11.9 Å². The van der Waals surface area contributed by atoms with E-state index in [-0.39, 0.29) is 32.5 Å². The molecule has 0 aliphatic heterocycles. The summed E-state index contributed by atoms with van der Waals surface area (Å²) in [7, 11) is 1.46. The molecule has 0 fully saturated rings. The molecular formula is C19H21F13O7. The Morgan fingerprint density at radius 1 is 0.538 bits per heavy atom. The van der Waals surface area contributed by atoms with Gasteiger partial charge in [0.1, 0.15) is 6.61 Å². The summed E-state index contributed by atoms with van der Waals surface area (Å²) in [6.45, 7) is -1.46. The van der Waals surface area contributed by atoms with E-state index in [4.69, 9.17) is 14.2 Å². The van der Waals surface area contributed by atoms with Gasteiger partial charge in [-0.25, -0.2) is 9.59 Å². The number of carbonyl (C=O) groups is 2. The summed E-state index contributed by atoms with van der Waals surface area (Å²) >= 11 is 0. The average Bonchev–Trinajstić information content (AvgIpc) is 2.80. The predicted molar refractivity (Wildman–Crippen MR) is 100.0 cm³/mol. The minimum absolute atomic E-state index is 0.113. The van der Waals surface area contributed by atoms with Crippen molar-refractivity contribution in [2.75, 3.05) is 53.4 Å². The number of hydrogen-bond donors (Lipinski definition) is 0. The standard InChI is InChI=1S/C19H21F13O7/c1-35-6-7-36-8-9-37-10-11-39-13(34)3-2-12(33)38-5-4-14(20,21)15(22,23)16(24,25)17(26,27)18(28,29)19(30,31)32/h2-3H,4-11H2,1H3/b3-2-. The number of carbonyl (C=O) groups excluding carboxylic acids is 2. The Bertz CT molecular complexity index is 814. The lowest BCUT2D eigenvalue weighted by Gasteiger charge is -2.39. The third-order valence-electron chi connectivity index (χ3n) is 4.29. The van der Waals surface area contributed by atoms with Crippen molar-refractivity contribution in [3.63, 3.8) is 0 Å². The summed E-state index contributed by atoms with van der Waals surface area (Å²) in [4.78, 5) is 22.7. The molecule has 0 saturated carbocycles. The van der Waals surface area contributed by atoms with E-state index < -0.39 is 60.8 Å². The van der Waals surface area contributed by atoms with Gasteiger partial charge in [-0.1, -0.05) is 0 Å². The molecule has 0 saturated heterocycles. The molecule has 0 aromatic carbocycles. The number of rotatable bonds is 18. The zero-order valence-corrected chi connectivity index (χ0v) is 19.6. The second kappa shape index (κ2) is 14.3. The SMILES string of the molecule is COCCOCCOCCOC(=O)/C=C\C(=O)OCCC(F)(F)C(F)(F)C(F)(F)C(F)(F)C(F)(F)C(F)(F)F. The lowest BCUT2D eigenvalue weighted by atomic mass is 9.93. The Balaban J connectivity index is 4.82. The lowest BCUT2D eigenvalue weighted by molar-refractivity contribution is -0.440. The molecule has 0 N–H and O–H groups in total. The van der Waals surface area contributed by atoms with Crippen molar-refractivity contribution in [2.45, 2.75) is 42.2 Å². The van der Waals surface area contributed by atoms with Crippen molar-refractivity contribution in [3.8, 4) is 0 Å². The quantitative estimate of drug-likeness (QED) is 0.0986. The van der Waals surface area contributed by atoms with E-state index in [1.807, 2.05) is 0 Å². The van der Waals surface area contributed by atoms with E-state index in [1.165, 1.54) is 7.11 Å². The molecule has 20 heteroatoms. The van der Waals surface area contributed by atoms with Crippen molar-refractivity contribution in [1.82, 2.24) is 0 Å². The van der Waals surface area contributed by atoms with Gasteiger partial charge < -0.3 is 23.7 Å². The molecule has 0 atom stereocenters. The lowest BCUT2D eigenvalue weighted by Crippen LogP contribution is -2.70. The van der Waals surface area contributed by atoms with Gasteiger partial charge in [0.2, 0.25) is 0 Å². The zero-order valence-electron chi connectivity index (χ0n) is 19.6. The molecule has 0 radical (unpaired) electrons.